The number of benzene rings is 2. The molecule has 0 amide bonds. The summed E-state index contributed by atoms with van der Waals surface area (Å²) in [5.74, 6) is 0.597. The van der Waals surface area contributed by atoms with E-state index in [-0.39, 0.29) is 28.2 Å². The molecule has 2 aromatic carbocycles. The van der Waals surface area contributed by atoms with Crippen LogP contribution in [0.2, 0.25) is 18.1 Å². The first-order valence-electron chi connectivity index (χ1n) is 11.2. The molecular formula is C24H27F3N4O3Si. The molecule has 0 spiro atoms. The van der Waals surface area contributed by atoms with Gasteiger partial charge in [-0.1, -0.05) is 32.9 Å². The van der Waals surface area contributed by atoms with Crippen LogP contribution in [0, 0.1) is 10.1 Å². The van der Waals surface area contributed by atoms with Crippen LogP contribution in [0.1, 0.15) is 26.3 Å². The van der Waals surface area contributed by atoms with Crippen molar-refractivity contribution in [1.82, 2.24) is 9.97 Å². The summed E-state index contributed by atoms with van der Waals surface area (Å²) in [6, 6.07) is 9.04. The van der Waals surface area contributed by atoms with E-state index in [2.05, 4.69) is 43.8 Å². The highest BCUT2D eigenvalue weighted by Gasteiger charge is 2.42. The van der Waals surface area contributed by atoms with Gasteiger partial charge in [0.15, 0.2) is 14.1 Å². The van der Waals surface area contributed by atoms with Gasteiger partial charge in [0, 0.05) is 36.2 Å². The molecule has 4 rings (SSSR count). The largest absolute Gasteiger partial charge is 0.416 e. The lowest BCUT2D eigenvalue weighted by atomic mass is 10.1. The van der Waals surface area contributed by atoms with Crippen LogP contribution in [0.5, 0.6) is 0 Å². The summed E-state index contributed by atoms with van der Waals surface area (Å²) in [4.78, 5) is 21.8. The third-order valence-electron chi connectivity index (χ3n) is 6.73. The van der Waals surface area contributed by atoms with Crippen LogP contribution < -0.4 is 4.90 Å². The zero-order chi connectivity index (χ0) is 25.8. The first-order chi connectivity index (χ1) is 16.2. The van der Waals surface area contributed by atoms with Crippen LogP contribution >= 0.6 is 0 Å². The molecule has 0 N–H and O–H groups in total. The number of hydrogen-bond acceptors (Lipinski definition) is 6. The number of nitro benzene ring substituents is 1. The Morgan fingerprint density at radius 1 is 1.09 bits per heavy atom. The topological polar surface area (TPSA) is 81.4 Å². The molecule has 0 bridgehead atoms. The lowest BCUT2D eigenvalue weighted by molar-refractivity contribution is -0.384. The van der Waals surface area contributed by atoms with Gasteiger partial charge in [-0.3, -0.25) is 10.1 Å². The van der Waals surface area contributed by atoms with E-state index in [1.807, 2.05) is 4.90 Å². The Balaban J connectivity index is 1.73. The molecule has 186 valence electrons. The minimum Gasteiger partial charge on any atom is -0.410 e. The molecule has 0 radical (unpaired) electrons. The molecule has 0 aliphatic carbocycles. The van der Waals surface area contributed by atoms with E-state index in [4.69, 9.17) is 4.43 Å². The third kappa shape index (κ3) is 5.01. The number of rotatable bonds is 5. The maximum Gasteiger partial charge on any atom is 0.416 e. The van der Waals surface area contributed by atoms with Crippen LogP contribution in [0.3, 0.4) is 0 Å². The molecule has 1 saturated heterocycles. The minimum absolute atomic E-state index is 0.0102. The Bertz CT molecular complexity index is 1290. The molecule has 35 heavy (non-hydrogen) atoms. The second-order valence-corrected chi connectivity index (χ2v) is 15.1. The summed E-state index contributed by atoms with van der Waals surface area (Å²) in [6.45, 7) is 12.0. The summed E-state index contributed by atoms with van der Waals surface area (Å²) in [5, 5.41) is 12.0. The second kappa shape index (κ2) is 8.56. The summed E-state index contributed by atoms with van der Waals surface area (Å²) >= 11 is 0. The highest BCUT2D eigenvalue weighted by atomic mass is 28.4. The summed E-state index contributed by atoms with van der Waals surface area (Å²) in [7, 11) is -1.97. The number of alkyl halides is 3. The van der Waals surface area contributed by atoms with Gasteiger partial charge < -0.3 is 9.33 Å². The van der Waals surface area contributed by atoms with Crippen LogP contribution in [0.25, 0.3) is 22.3 Å². The molecular weight excluding hydrogens is 477 g/mol. The first kappa shape index (κ1) is 25.1. The summed E-state index contributed by atoms with van der Waals surface area (Å²) in [5.41, 5.74) is -0.486. The van der Waals surface area contributed by atoms with Crippen molar-refractivity contribution in [3.8, 4) is 11.4 Å². The fourth-order valence-electron chi connectivity index (χ4n) is 3.70. The normalized spacial score (nSPS) is 15.4. The lowest BCUT2D eigenvalue weighted by Crippen LogP contribution is -2.58. The van der Waals surface area contributed by atoms with Gasteiger partial charge in [-0.2, -0.15) is 13.2 Å². The second-order valence-electron chi connectivity index (χ2n) is 10.3. The highest BCUT2D eigenvalue weighted by Crippen LogP contribution is 2.40. The Labute approximate surface area is 202 Å². The van der Waals surface area contributed by atoms with Crippen molar-refractivity contribution >= 4 is 30.7 Å². The van der Waals surface area contributed by atoms with Gasteiger partial charge >= 0.3 is 6.18 Å². The number of hydrogen-bond donors (Lipinski definition) is 0. The third-order valence-corrected chi connectivity index (χ3v) is 11.3. The molecule has 0 unspecified atom stereocenters. The predicted molar refractivity (Wildman–Crippen MR) is 131 cm³/mol. The fraction of sp³-hybridized carbons (Fsp3) is 0.417. The van der Waals surface area contributed by atoms with Gasteiger partial charge in [-0.25, -0.2) is 9.97 Å². The monoisotopic (exact) mass is 504 g/mol. The zero-order valence-electron chi connectivity index (χ0n) is 20.2. The van der Waals surface area contributed by atoms with E-state index in [0.717, 1.165) is 12.1 Å². The van der Waals surface area contributed by atoms with Crippen LogP contribution in [-0.2, 0) is 10.6 Å². The number of anilines is 1. The smallest absolute Gasteiger partial charge is 0.410 e. The van der Waals surface area contributed by atoms with Gasteiger partial charge in [0.25, 0.3) is 5.69 Å². The Morgan fingerprint density at radius 2 is 1.77 bits per heavy atom. The van der Waals surface area contributed by atoms with Crippen LogP contribution in [0.15, 0.2) is 42.5 Å². The number of nitro groups is 1. The molecule has 7 nitrogen and oxygen atoms in total. The first-order valence-corrected chi connectivity index (χ1v) is 14.1. The maximum absolute atomic E-state index is 13.3. The van der Waals surface area contributed by atoms with Gasteiger partial charge in [0.1, 0.15) is 5.82 Å². The number of aromatic nitrogens is 2. The SMILES string of the molecule is CC(C)(C)[Si](C)(C)OC1CN(c2nc(-c3cccc(C(F)(F)F)c3)nc3cc([N+](=O)[O-])ccc23)C1. The van der Waals surface area contributed by atoms with Crippen molar-refractivity contribution in [3.63, 3.8) is 0 Å². The molecule has 0 atom stereocenters. The molecule has 1 fully saturated rings. The van der Waals surface area contributed by atoms with Crippen molar-refractivity contribution in [1.29, 1.82) is 0 Å². The van der Waals surface area contributed by atoms with E-state index < -0.39 is 25.0 Å². The molecule has 1 aliphatic heterocycles. The van der Waals surface area contributed by atoms with Crippen molar-refractivity contribution in [2.24, 2.45) is 0 Å². The van der Waals surface area contributed by atoms with Crippen molar-refractivity contribution in [2.45, 2.75) is 51.2 Å². The Kier molecular flexibility index (Phi) is 6.13. The molecule has 1 aliphatic rings. The van der Waals surface area contributed by atoms with E-state index in [1.54, 1.807) is 6.07 Å². The number of fused-ring (bicyclic) bond motifs is 1. The molecule has 2 heterocycles. The summed E-state index contributed by atoms with van der Waals surface area (Å²) < 4.78 is 46.3. The Morgan fingerprint density at radius 3 is 2.37 bits per heavy atom. The van der Waals surface area contributed by atoms with E-state index in [1.165, 1.54) is 24.3 Å². The molecule has 0 saturated carbocycles. The van der Waals surface area contributed by atoms with Crippen molar-refractivity contribution in [2.75, 3.05) is 18.0 Å². The average Bonchev–Trinajstić information content (AvgIpc) is 2.73. The molecule has 3 aromatic rings. The van der Waals surface area contributed by atoms with Gasteiger partial charge in [0.05, 0.1) is 22.1 Å². The zero-order valence-corrected chi connectivity index (χ0v) is 21.2. The predicted octanol–water partition coefficient (Wildman–Crippen LogP) is 6.43. The fourth-order valence-corrected chi connectivity index (χ4v) is 5.03. The number of halogens is 3. The molecule has 11 heteroatoms. The standard InChI is InChI=1S/C24H27F3N4O3Si/c1-23(2,3)35(4,5)34-18-13-30(14-18)22-19-10-9-17(31(32)33)12-20(19)28-21(29-22)15-7-6-8-16(11-15)24(25,26)27/h6-12,18H,13-14H2,1-5H3. The van der Waals surface area contributed by atoms with E-state index in [9.17, 15) is 23.3 Å². The average molecular weight is 505 g/mol. The lowest BCUT2D eigenvalue weighted by Gasteiger charge is -2.47. The highest BCUT2D eigenvalue weighted by molar-refractivity contribution is 6.74. The van der Waals surface area contributed by atoms with Crippen molar-refractivity contribution in [3.05, 3.63) is 58.1 Å². The van der Waals surface area contributed by atoms with Crippen LogP contribution in [0.4, 0.5) is 24.7 Å². The van der Waals surface area contributed by atoms with Gasteiger partial charge in [-0.05, 0) is 36.3 Å². The van der Waals surface area contributed by atoms with E-state index in [0.29, 0.717) is 29.8 Å². The minimum atomic E-state index is -4.51. The summed E-state index contributed by atoms with van der Waals surface area (Å²) in [6.07, 6.45) is -4.50. The van der Waals surface area contributed by atoms with Gasteiger partial charge in [0.2, 0.25) is 0 Å². The molecule has 1 aromatic heterocycles. The van der Waals surface area contributed by atoms with Gasteiger partial charge in [-0.15, -0.1) is 0 Å². The number of nitrogens with zero attached hydrogens (tertiary/aromatic N) is 4. The maximum atomic E-state index is 13.3. The Hall–Kier alpha value is -3.05. The van der Waals surface area contributed by atoms with E-state index >= 15 is 0 Å². The van der Waals surface area contributed by atoms with Crippen LogP contribution in [-0.4, -0.2) is 42.4 Å². The quantitative estimate of drug-likeness (QED) is 0.226. The number of non-ortho nitro benzene ring substituents is 1. The van der Waals surface area contributed by atoms with Crippen molar-refractivity contribution < 1.29 is 22.5 Å².